The number of aromatic nitrogens is 2. The number of hydrogen-bond donors (Lipinski definition) is 1. The van der Waals surface area contributed by atoms with Crippen molar-refractivity contribution in [1.82, 2.24) is 9.97 Å². The van der Waals surface area contributed by atoms with Crippen LogP contribution in [0.2, 0.25) is 0 Å². The molecule has 0 aliphatic rings. The number of rotatable bonds is 6. The lowest BCUT2D eigenvalue weighted by atomic mass is 10.1. The number of nitriles is 1. The molecule has 0 saturated carbocycles. The molecule has 1 aromatic heterocycles. The van der Waals surface area contributed by atoms with Gasteiger partial charge in [0.2, 0.25) is 0 Å². The highest BCUT2D eigenvalue weighted by Gasteiger charge is 2.09. The fraction of sp³-hybridized carbons (Fsp3) is 0.100. The fourth-order valence-corrected chi connectivity index (χ4v) is 2.44. The Morgan fingerprint density at radius 2 is 2.12 bits per heavy atom. The molecule has 3 aromatic rings. The number of fused-ring (bicyclic) bond motifs is 1. The molecule has 2 aromatic carbocycles. The van der Waals surface area contributed by atoms with Gasteiger partial charge in [-0.15, -0.1) is 0 Å². The molecule has 0 unspecified atom stereocenters. The highest BCUT2D eigenvalue weighted by molar-refractivity contribution is 5.90. The van der Waals surface area contributed by atoms with Gasteiger partial charge in [0.05, 0.1) is 23.7 Å². The molecule has 1 heterocycles. The zero-order chi connectivity index (χ0) is 17.6. The summed E-state index contributed by atoms with van der Waals surface area (Å²) < 4.78 is 10.9. The second kappa shape index (κ2) is 7.37. The number of hydrogen-bond acceptors (Lipinski definition) is 4. The van der Waals surface area contributed by atoms with Crippen molar-refractivity contribution in [2.75, 3.05) is 13.7 Å². The summed E-state index contributed by atoms with van der Waals surface area (Å²) in [4.78, 5) is 7.63. The number of aromatic amines is 1. The average molecular weight is 331 g/mol. The summed E-state index contributed by atoms with van der Waals surface area (Å²) in [5.41, 5.74) is 2.98. The van der Waals surface area contributed by atoms with Crippen LogP contribution in [-0.4, -0.2) is 23.7 Å². The van der Waals surface area contributed by atoms with Gasteiger partial charge in [0, 0.05) is 0 Å². The number of allylic oxidation sites excluding steroid dienone is 1. The normalized spacial score (nSPS) is 11.1. The van der Waals surface area contributed by atoms with Gasteiger partial charge >= 0.3 is 0 Å². The third kappa shape index (κ3) is 3.54. The van der Waals surface area contributed by atoms with E-state index in [-0.39, 0.29) is 0 Å². The van der Waals surface area contributed by atoms with E-state index in [2.05, 4.69) is 22.6 Å². The lowest BCUT2D eigenvalue weighted by Crippen LogP contribution is -1.96. The number of nitrogens with one attached hydrogen (secondary N) is 1. The van der Waals surface area contributed by atoms with Crippen LogP contribution in [0.3, 0.4) is 0 Å². The quantitative estimate of drug-likeness (QED) is 0.543. The fourth-order valence-electron chi connectivity index (χ4n) is 2.44. The molecule has 0 atom stereocenters. The monoisotopic (exact) mass is 331 g/mol. The third-order valence-electron chi connectivity index (χ3n) is 3.62. The largest absolute Gasteiger partial charge is 0.493 e. The smallest absolute Gasteiger partial charge is 0.161 e. The molecule has 0 bridgehead atoms. The number of benzene rings is 2. The molecular weight excluding hydrogens is 314 g/mol. The molecule has 5 nitrogen and oxygen atoms in total. The van der Waals surface area contributed by atoms with Gasteiger partial charge in [-0.3, -0.25) is 0 Å². The molecule has 0 radical (unpaired) electrons. The Balaban J connectivity index is 1.96. The second-order valence-corrected chi connectivity index (χ2v) is 5.28. The van der Waals surface area contributed by atoms with Crippen LogP contribution in [0.1, 0.15) is 11.4 Å². The number of methoxy groups -OCH3 is 1. The number of imidazole rings is 1. The van der Waals surface area contributed by atoms with Crippen molar-refractivity contribution >= 4 is 22.7 Å². The first kappa shape index (κ1) is 16.3. The summed E-state index contributed by atoms with van der Waals surface area (Å²) in [6, 6.07) is 15.3. The predicted molar refractivity (Wildman–Crippen MR) is 98.3 cm³/mol. The van der Waals surface area contributed by atoms with Gasteiger partial charge in [-0.2, -0.15) is 5.26 Å². The highest BCUT2D eigenvalue weighted by atomic mass is 16.5. The SMILES string of the molecule is C=CCOc1ccc(/C=C(\C#N)c2nc3ccccc3[nH]2)cc1OC. The molecule has 5 heteroatoms. The van der Waals surface area contributed by atoms with Crippen LogP contribution in [0.25, 0.3) is 22.7 Å². The lowest BCUT2D eigenvalue weighted by molar-refractivity contribution is 0.326. The van der Waals surface area contributed by atoms with Crippen molar-refractivity contribution in [3.63, 3.8) is 0 Å². The Kier molecular flexibility index (Phi) is 4.82. The summed E-state index contributed by atoms with van der Waals surface area (Å²) in [6.07, 6.45) is 3.43. The van der Waals surface area contributed by atoms with Crippen molar-refractivity contribution in [3.05, 3.63) is 66.5 Å². The van der Waals surface area contributed by atoms with Crippen LogP contribution < -0.4 is 9.47 Å². The molecule has 124 valence electrons. The minimum Gasteiger partial charge on any atom is -0.493 e. The Morgan fingerprint density at radius 3 is 2.84 bits per heavy atom. The van der Waals surface area contributed by atoms with Gasteiger partial charge in [-0.05, 0) is 35.9 Å². The van der Waals surface area contributed by atoms with E-state index in [9.17, 15) is 5.26 Å². The van der Waals surface area contributed by atoms with E-state index in [1.807, 2.05) is 42.5 Å². The zero-order valence-corrected chi connectivity index (χ0v) is 13.8. The first-order valence-corrected chi connectivity index (χ1v) is 7.74. The number of H-pyrrole nitrogens is 1. The van der Waals surface area contributed by atoms with Crippen LogP contribution in [-0.2, 0) is 0 Å². The standard InChI is InChI=1S/C20H17N3O2/c1-3-10-25-18-9-8-14(12-19(18)24-2)11-15(13-21)20-22-16-6-4-5-7-17(16)23-20/h3-9,11-12H,1,10H2,2H3,(H,22,23)/b15-11+. The van der Waals surface area contributed by atoms with E-state index in [1.165, 1.54) is 0 Å². The molecule has 25 heavy (non-hydrogen) atoms. The van der Waals surface area contributed by atoms with E-state index in [0.717, 1.165) is 16.6 Å². The van der Waals surface area contributed by atoms with Crippen molar-refractivity contribution in [1.29, 1.82) is 5.26 Å². The van der Waals surface area contributed by atoms with Gasteiger partial charge in [-0.1, -0.05) is 30.9 Å². The van der Waals surface area contributed by atoms with E-state index in [1.54, 1.807) is 19.3 Å². The minimum absolute atomic E-state index is 0.397. The Hall–Kier alpha value is -3.52. The van der Waals surface area contributed by atoms with E-state index < -0.39 is 0 Å². The molecule has 0 spiro atoms. The zero-order valence-electron chi connectivity index (χ0n) is 13.8. The van der Waals surface area contributed by atoms with E-state index in [4.69, 9.17) is 9.47 Å². The maximum Gasteiger partial charge on any atom is 0.161 e. The van der Waals surface area contributed by atoms with Gasteiger partial charge in [-0.25, -0.2) is 4.98 Å². The molecular formula is C20H17N3O2. The summed E-state index contributed by atoms with van der Waals surface area (Å²) in [6.45, 7) is 4.03. The lowest BCUT2D eigenvalue weighted by Gasteiger charge is -2.09. The maximum atomic E-state index is 9.52. The van der Waals surface area contributed by atoms with Crippen LogP contribution in [0.15, 0.2) is 55.1 Å². The van der Waals surface area contributed by atoms with Gasteiger partial charge in [0.15, 0.2) is 11.5 Å². The van der Waals surface area contributed by atoms with Crippen molar-refractivity contribution in [2.45, 2.75) is 0 Å². The molecule has 0 fully saturated rings. The van der Waals surface area contributed by atoms with E-state index in [0.29, 0.717) is 29.5 Å². The van der Waals surface area contributed by atoms with Crippen molar-refractivity contribution < 1.29 is 9.47 Å². The topological polar surface area (TPSA) is 70.9 Å². The minimum atomic E-state index is 0.397. The van der Waals surface area contributed by atoms with Crippen molar-refractivity contribution in [2.24, 2.45) is 0 Å². The number of para-hydroxylation sites is 2. The van der Waals surface area contributed by atoms with Gasteiger partial charge in [0.1, 0.15) is 18.5 Å². The molecule has 0 saturated heterocycles. The summed E-state index contributed by atoms with van der Waals surface area (Å²) in [5, 5.41) is 9.52. The first-order chi connectivity index (χ1) is 12.2. The van der Waals surface area contributed by atoms with E-state index >= 15 is 0 Å². The number of ether oxygens (including phenoxy) is 2. The molecule has 0 amide bonds. The Morgan fingerprint density at radius 1 is 1.28 bits per heavy atom. The first-order valence-electron chi connectivity index (χ1n) is 7.74. The summed E-state index contributed by atoms with van der Waals surface area (Å²) >= 11 is 0. The van der Waals surface area contributed by atoms with Gasteiger partial charge < -0.3 is 14.5 Å². The van der Waals surface area contributed by atoms with Crippen LogP contribution in [0, 0.1) is 11.3 Å². The Labute approximate surface area is 145 Å². The summed E-state index contributed by atoms with van der Waals surface area (Å²) in [7, 11) is 1.58. The third-order valence-corrected chi connectivity index (χ3v) is 3.62. The highest BCUT2D eigenvalue weighted by Crippen LogP contribution is 2.29. The average Bonchev–Trinajstić information content (AvgIpc) is 3.08. The molecule has 3 rings (SSSR count). The summed E-state index contributed by atoms with van der Waals surface area (Å²) in [5.74, 6) is 1.76. The second-order valence-electron chi connectivity index (χ2n) is 5.28. The van der Waals surface area contributed by atoms with Crippen LogP contribution in [0.5, 0.6) is 11.5 Å². The van der Waals surface area contributed by atoms with Gasteiger partial charge in [0.25, 0.3) is 0 Å². The van der Waals surface area contributed by atoms with Crippen LogP contribution in [0.4, 0.5) is 0 Å². The Bertz CT molecular complexity index is 947. The molecule has 0 aliphatic carbocycles. The van der Waals surface area contributed by atoms with Crippen LogP contribution >= 0.6 is 0 Å². The predicted octanol–water partition coefficient (Wildman–Crippen LogP) is 4.20. The van der Waals surface area contributed by atoms with Crippen molar-refractivity contribution in [3.8, 4) is 17.6 Å². The number of nitrogens with zero attached hydrogens (tertiary/aromatic N) is 2. The molecule has 0 aliphatic heterocycles. The maximum absolute atomic E-state index is 9.52. The molecule has 1 N–H and O–H groups in total.